The molecule has 0 bridgehead atoms. The molecule has 0 spiro atoms. The van der Waals surface area contributed by atoms with Crippen LogP contribution in [-0.4, -0.2) is 32.2 Å². The van der Waals surface area contributed by atoms with Gasteiger partial charge in [0.2, 0.25) is 0 Å². The Morgan fingerprint density at radius 2 is 2.26 bits per heavy atom. The predicted octanol–water partition coefficient (Wildman–Crippen LogP) is 1.59. The molecule has 0 aromatic carbocycles. The maximum atomic E-state index is 12.2. The molecule has 1 amide bonds. The largest absolute Gasteiger partial charge is 0.328 e. The SMILES string of the molecule is CCCCN1C(=O)C(=Cc2cnn(C)c2C)NC1=S. The second-order valence-electron chi connectivity index (χ2n) is 4.61. The highest BCUT2D eigenvalue weighted by molar-refractivity contribution is 7.80. The van der Waals surface area contributed by atoms with Gasteiger partial charge in [-0.3, -0.25) is 14.4 Å². The van der Waals surface area contributed by atoms with E-state index in [9.17, 15) is 4.79 Å². The summed E-state index contributed by atoms with van der Waals surface area (Å²) >= 11 is 5.19. The van der Waals surface area contributed by atoms with Crippen LogP contribution < -0.4 is 5.32 Å². The van der Waals surface area contributed by atoms with Crippen molar-refractivity contribution < 1.29 is 4.79 Å². The number of carbonyl (C=O) groups is 1. The van der Waals surface area contributed by atoms with Crippen LogP contribution in [0, 0.1) is 6.92 Å². The fraction of sp³-hybridized carbons (Fsp3) is 0.462. The summed E-state index contributed by atoms with van der Waals surface area (Å²) in [7, 11) is 1.87. The number of nitrogens with one attached hydrogen (secondary N) is 1. The number of amides is 1. The first kappa shape index (κ1) is 13.7. The smallest absolute Gasteiger partial charge is 0.276 e. The second-order valence-corrected chi connectivity index (χ2v) is 4.99. The Labute approximate surface area is 118 Å². The quantitative estimate of drug-likeness (QED) is 0.671. The van der Waals surface area contributed by atoms with Gasteiger partial charge in [-0.2, -0.15) is 5.10 Å². The van der Waals surface area contributed by atoms with E-state index in [4.69, 9.17) is 12.2 Å². The molecule has 6 heteroatoms. The standard InChI is InChI=1S/C13H18N4OS/c1-4-5-6-17-12(18)11(15-13(17)19)7-10-8-14-16(3)9(10)2/h7-8H,4-6H2,1-3H3,(H,15,19). The molecule has 5 nitrogen and oxygen atoms in total. The van der Waals surface area contributed by atoms with E-state index >= 15 is 0 Å². The number of hydrogen-bond donors (Lipinski definition) is 1. The molecule has 0 radical (unpaired) electrons. The molecule has 2 rings (SSSR count). The van der Waals surface area contributed by atoms with Crippen LogP contribution in [0.3, 0.4) is 0 Å². The highest BCUT2D eigenvalue weighted by Crippen LogP contribution is 2.16. The third kappa shape index (κ3) is 2.68. The predicted molar refractivity (Wildman–Crippen MR) is 78.3 cm³/mol. The Hall–Kier alpha value is -1.69. The molecule has 1 aromatic heterocycles. The van der Waals surface area contributed by atoms with E-state index in [0.29, 0.717) is 17.4 Å². The van der Waals surface area contributed by atoms with Gasteiger partial charge < -0.3 is 5.32 Å². The highest BCUT2D eigenvalue weighted by Gasteiger charge is 2.30. The first-order chi connectivity index (χ1) is 9.04. The van der Waals surface area contributed by atoms with E-state index in [1.807, 2.05) is 20.0 Å². The normalized spacial score (nSPS) is 17.4. The fourth-order valence-corrected chi connectivity index (χ4v) is 2.19. The Balaban J connectivity index is 2.21. The summed E-state index contributed by atoms with van der Waals surface area (Å²) in [5.41, 5.74) is 2.47. The van der Waals surface area contributed by atoms with Crippen molar-refractivity contribution in [1.29, 1.82) is 0 Å². The molecule has 1 fully saturated rings. The van der Waals surface area contributed by atoms with Gasteiger partial charge in [0, 0.05) is 24.8 Å². The van der Waals surface area contributed by atoms with Crippen LogP contribution in [-0.2, 0) is 11.8 Å². The van der Waals surface area contributed by atoms with Gasteiger partial charge in [0.15, 0.2) is 5.11 Å². The summed E-state index contributed by atoms with van der Waals surface area (Å²) in [6.45, 7) is 4.73. The summed E-state index contributed by atoms with van der Waals surface area (Å²) in [6.07, 6.45) is 5.54. The topological polar surface area (TPSA) is 50.2 Å². The number of nitrogens with zero attached hydrogens (tertiary/aromatic N) is 3. The van der Waals surface area contributed by atoms with Crippen LogP contribution in [0.5, 0.6) is 0 Å². The highest BCUT2D eigenvalue weighted by atomic mass is 32.1. The number of hydrogen-bond acceptors (Lipinski definition) is 3. The zero-order valence-corrected chi connectivity index (χ0v) is 12.3. The molecule has 0 saturated carbocycles. The summed E-state index contributed by atoms with van der Waals surface area (Å²) < 4.78 is 1.78. The second kappa shape index (κ2) is 5.52. The summed E-state index contributed by atoms with van der Waals surface area (Å²) in [4.78, 5) is 13.8. The lowest BCUT2D eigenvalue weighted by molar-refractivity contribution is -0.122. The maximum Gasteiger partial charge on any atom is 0.276 e. The van der Waals surface area contributed by atoms with Crippen LogP contribution in [0.15, 0.2) is 11.9 Å². The van der Waals surface area contributed by atoms with Crippen molar-refractivity contribution >= 4 is 29.3 Å². The molecule has 0 unspecified atom stereocenters. The van der Waals surface area contributed by atoms with Gasteiger partial charge in [-0.05, 0) is 31.6 Å². The lowest BCUT2D eigenvalue weighted by atomic mass is 10.2. The molecule has 1 N–H and O–H groups in total. The summed E-state index contributed by atoms with van der Waals surface area (Å²) in [6, 6.07) is 0. The van der Waals surface area contributed by atoms with E-state index in [1.54, 1.807) is 15.8 Å². The molecule has 2 heterocycles. The number of thiocarbonyl (C=S) groups is 1. The van der Waals surface area contributed by atoms with Crippen LogP contribution in [0.25, 0.3) is 6.08 Å². The van der Waals surface area contributed by atoms with Crippen molar-refractivity contribution in [1.82, 2.24) is 20.0 Å². The van der Waals surface area contributed by atoms with Gasteiger partial charge in [0.25, 0.3) is 5.91 Å². The Kier molecular flexibility index (Phi) is 3.99. The lowest BCUT2D eigenvalue weighted by Crippen LogP contribution is -2.31. The van der Waals surface area contributed by atoms with Crippen molar-refractivity contribution in [2.75, 3.05) is 6.54 Å². The molecule has 1 saturated heterocycles. The van der Waals surface area contributed by atoms with Gasteiger partial charge in [0.1, 0.15) is 5.70 Å². The monoisotopic (exact) mass is 278 g/mol. The summed E-state index contributed by atoms with van der Waals surface area (Å²) in [5.74, 6) is -0.0540. The number of unbranched alkanes of at least 4 members (excludes halogenated alkanes) is 1. The van der Waals surface area contributed by atoms with Crippen LogP contribution >= 0.6 is 12.2 Å². The minimum atomic E-state index is -0.0540. The Bertz CT molecular complexity index is 547. The maximum absolute atomic E-state index is 12.2. The molecule has 0 atom stereocenters. The van der Waals surface area contributed by atoms with E-state index in [0.717, 1.165) is 24.1 Å². The number of carbonyl (C=O) groups excluding carboxylic acids is 1. The average molecular weight is 278 g/mol. The minimum absolute atomic E-state index is 0.0540. The van der Waals surface area contributed by atoms with Crippen molar-refractivity contribution in [3.05, 3.63) is 23.2 Å². The fourth-order valence-electron chi connectivity index (χ4n) is 1.90. The third-order valence-corrected chi connectivity index (χ3v) is 3.59. The van der Waals surface area contributed by atoms with Gasteiger partial charge in [-0.1, -0.05) is 13.3 Å². The van der Waals surface area contributed by atoms with Crippen molar-refractivity contribution in [3.8, 4) is 0 Å². The van der Waals surface area contributed by atoms with Gasteiger partial charge in [-0.25, -0.2) is 0 Å². The van der Waals surface area contributed by atoms with Crippen LogP contribution in [0.1, 0.15) is 31.0 Å². The van der Waals surface area contributed by atoms with Gasteiger partial charge >= 0.3 is 0 Å². The van der Waals surface area contributed by atoms with E-state index in [-0.39, 0.29) is 5.91 Å². The van der Waals surface area contributed by atoms with Crippen molar-refractivity contribution in [2.45, 2.75) is 26.7 Å². The zero-order valence-electron chi connectivity index (χ0n) is 11.4. The molecule has 1 aliphatic rings. The molecule has 0 aliphatic carbocycles. The van der Waals surface area contributed by atoms with E-state index in [2.05, 4.69) is 17.3 Å². The van der Waals surface area contributed by atoms with Crippen LogP contribution in [0.4, 0.5) is 0 Å². The van der Waals surface area contributed by atoms with Gasteiger partial charge in [0.05, 0.1) is 6.20 Å². The number of aromatic nitrogens is 2. The molecular formula is C13H18N4OS. The van der Waals surface area contributed by atoms with Gasteiger partial charge in [-0.15, -0.1) is 0 Å². The van der Waals surface area contributed by atoms with Crippen molar-refractivity contribution in [3.63, 3.8) is 0 Å². The van der Waals surface area contributed by atoms with Crippen molar-refractivity contribution in [2.24, 2.45) is 7.05 Å². The number of rotatable bonds is 4. The average Bonchev–Trinajstić information content (AvgIpc) is 2.83. The lowest BCUT2D eigenvalue weighted by Gasteiger charge is -2.12. The zero-order chi connectivity index (χ0) is 14.0. The van der Waals surface area contributed by atoms with Crippen LogP contribution in [0.2, 0.25) is 0 Å². The third-order valence-electron chi connectivity index (χ3n) is 3.27. The first-order valence-corrected chi connectivity index (χ1v) is 6.78. The Morgan fingerprint density at radius 1 is 1.53 bits per heavy atom. The molecule has 1 aromatic rings. The van der Waals surface area contributed by atoms with E-state index in [1.165, 1.54) is 0 Å². The number of aryl methyl sites for hydroxylation is 1. The molecule has 102 valence electrons. The van der Waals surface area contributed by atoms with E-state index < -0.39 is 0 Å². The first-order valence-electron chi connectivity index (χ1n) is 6.37. The molecule has 19 heavy (non-hydrogen) atoms. The summed E-state index contributed by atoms with van der Waals surface area (Å²) in [5, 5.41) is 7.63. The molecule has 1 aliphatic heterocycles. The Morgan fingerprint density at radius 3 is 2.84 bits per heavy atom. The molecular weight excluding hydrogens is 260 g/mol. The minimum Gasteiger partial charge on any atom is -0.328 e.